The Hall–Kier alpha value is -2.96. The highest BCUT2D eigenvalue weighted by molar-refractivity contribution is 5.82. The molecule has 1 aliphatic carbocycles. The number of likely N-dealkylation sites (tertiary alicyclic amines) is 1. The van der Waals surface area contributed by atoms with Crippen LogP contribution in [0.3, 0.4) is 0 Å². The lowest BCUT2D eigenvalue weighted by atomic mass is 9.74. The van der Waals surface area contributed by atoms with Crippen LogP contribution in [0, 0.1) is 11.3 Å². The van der Waals surface area contributed by atoms with E-state index in [9.17, 15) is 4.79 Å². The first kappa shape index (κ1) is 23.4. The van der Waals surface area contributed by atoms with Crippen LogP contribution in [0.5, 0.6) is 0 Å². The maximum absolute atomic E-state index is 13.3. The minimum Gasteiger partial charge on any atom is -0.381 e. The van der Waals surface area contributed by atoms with Crippen LogP contribution in [0.2, 0.25) is 0 Å². The number of rotatable bonds is 7. The topological polar surface area (TPSA) is 59.4 Å². The average Bonchev–Trinajstić information content (AvgIpc) is 3.44. The Morgan fingerprint density at radius 2 is 1.81 bits per heavy atom. The van der Waals surface area contributed by atoms with Gasteiger partial charge >= 0.3 is 0 Å². The third kappa shape index (κ3) is 4.60. The molecule has 4 heterocycles. The number of amides is 1. The van der Waals surface area contributed by atoms with Crippen LogP contribution in [-0.2, 0) is 21.5 Å². The second kappa shape index (κ2) is 9.83. The van der Waals surface area contributed by atoms with Crippen LogP contribution >= 0.6 is 0 Å². The molecule has 1 N–H and O–H groups in total. The summed E-state index contributed by atoms with van der Waals surface area (Å²) >= 11 is 0. The van der Waals surface area contributed by atoms with E-state index in [2.05, 4.69) is 74.5 Å². The number of carbonyl (C=O) groups excluding carboxylic acids is 1. The molecule has 1 amide bonds. The Morgan fingerprint density at radius 1 is 1.00 bits per heavy atom. The maximum Gasteiger partial charge on any atom is 0.223 e. The average molecular weight is 485 g/mol. The van der Waals surface area contributed by atoms with Gasteiger partial charge < -0.3 is 14.6 Å². The lowest BCUT2D eigenvalue weighted by molar-refractivity contribution is -0.124. The zero-order chi connectivity index (χ0) is 24.4. The zero-order valence-electron chi connectivity index (χ0n) is 20.9. The van der Waals surface area contributed by atoms with Crippen molar-refractivity contribution in [3.63, 3.8) is 0 Å². The summed E-state index contributed by atoms with van der Waals surface area (Å²) in [5.74, 6) is 0.433. The van der Waals surface area contributed by atoms with Crippen LogP contribution in [-0.4, -0.2) is 53.2 Å². The van der Waals surface area contributed by atoms with Gasteiger partial charge in [0, 0.05) is 55.7 Å². The molecule has 3 aliphatic rings. The second-order valence-electron chi connectivity index (χ2n) is 11.0. The lowest BCUT2D eigenvalue weighted by Crippen LogP contribution is -2.45. The Kier molecular flexibility index (Phi) is 6.40. The Labute approximate surface area is 213 Å². The molecular weight excluding hydrogens is 448 g/mol. The molecule has 1 spiro atoms. The maximum atomic E-state index is 13.3. The fourth-order valence-electron chi connectivity index (χ4n) is 6.45. The van der Waals surface area contributed by atoms with E-state index in [0.717, 1.165) is 70.6 Å². The first-order chi connectivity index (χ1) is 17.7. The van der Waals surface area contributed by atoms with Gasteiger partial charge in [-0.3, -0.25) is 14.7 Å². The third-order valence-electron chi connectivity index (χ3n) is 8.94. The van der Waals surface area contributed by atoms with Gasteiger partial charge in [-0.2, -0.15) is 0 Å². The summed E-state index contributed by atoms with van der Waals surface area (Å²) in [5, 5.41) is 3.38. The van der Waals surface area contributed by atoms with Gasteiger partial charge in [0.2, 0.25) is 5.91 Å². The number of pyridine rings is 1. The van der Waals surface area contributed by atoms with Gasteiger partial charge in [0.05, 0.1) is 11.9 Å². The van der Waals surface area contributed by atoms with Crippen molar-refractivity contribution in [2.75, 3.05) is 32.8 Å². The Morgan fingerprint density at radius 3 is 2.56 bits per heavy atom. The van der Waals surface area contributed by atoms with Gasteiger partial charge in [0.15, 0.2) is 0 Å². The van der Waals surface area contributed by atoms with Crippen molar-refractivity contribution in [1.29, 1.82) is 0 Å². The summed E-state index contributed by atoms with van der Waals surface area (Å²) in [7, 11) is 0. The number of aromatic nitrogens is 2. The predicted molar refractivity (Wildman–Crippen MR) is 140 cm³/mol. The smallest absolute Gasteiger partial charge is 0.223 e. The molecule has 2 aromatic heterocycles. The summed E-state index contributed by atoms with van der Waals surface area (Å²) in [4.78, 5) is 20.1. The summed E-state index contributed by atoms with van der Waals surface area (Å²) in [6.45, 7) is 5.26. The van der Waals surface area contributed by atoms with Gasteiger partial charge in [0.1, 0.15) is 0 Å². The monoisotopic (exact) mass is 484 g/mol. The molecule has 1 atom stereocenters. The molecule has 0 bridgehead atoms. The zero-order valence-corrected chi connectivity index (χ0v) is 20.9. The second-order valence-corrected chi connectivity index (χ2v) is 11.0. The first-order valence-corrected chi connectivity index (χ1v) is 13.4. The van der Waals surface area contributed by atoms with Crippen LogP contribution < -0.4 is 5.32 Å². The highest BCUT2D eigenvalue weighted by Crippen LogP contribution is 2.59. The van der Waals surface area contributed by atoms with E-state index in [0.29, 0.717) is 6.54 Å². The molecule has 6 rings (SSSR count). The van der Waals surface area contributed by atoms with Crippen molar-refractivity contribution in [3.05, 3.63) is 84.4 Å². The number of benzene rings is 1. The number of nitrogens with zero attached hydrogens (tertiary/aromatic N) is 3. The molecule has 0 radical (unpaired) electrons. The molecular formula is C30H36N4O2. The highest BCUT2D eigenvalue weighted by atomic mass is 16.5. The van der Waals surface area contributed by atoms with Crippen molar-refractivity contribution >= 4 is 5.91 Å². The largest absolute Gasteiger partial charge is 0.381 e. The summed E-state index contributed by atoms with van der Waals surface area (Å²) in [6, 6.07) is 19.1. The standard InChI is InChI=1S/C30H36N4O2/c35-28(32-23-30(12-18-36-19-13-30)24-6-2-1-3-7-24)27-20-29(27)10-16-33(17-11-29)22-26-9-5-15-34(26)25-8-4-14-31-21-25/h1-9,14-15,21,27H,10-13,16-20,22-23H2,(H,32,35). The van der Waals surface area contributed by atoms with Crippen LogP contribution in [0.4, 0.5) is 0 Å². The molecule has 3 aromatic rings. The van der Waals surface area contributed by atoms with E-state index in [1.165, 1.54) is 11.3 Å². The summed E-state index contributed by atoms with van der Waals surface area (Å²) in [5.41, 5.74) is 3.91. The Balaban J connectivity index is 1.03. The third-order valence-corrected chi connectivity index (χ3v) is 8.94. The quantitative estimate of drug-likeness (QED) is 0.542. The van der Waals surface area contributed by atoms with Crippen molar-refractivity contribution in [1.82, 2.24) is 19.8 Å². The van der Waals surface area contributed by atoms with Crippen LogP contribution in [0.1, 0.15) is 43.4 Å². The summed E-state index contributed by atoms with van der Waals surface area (Å²) < 4.78 is 7.89. The number of ether oxygens (including phenoxy) is 1. The normalized spacial score (nSPS) is 22.8. The molecule has 3 fully saturated rings. The van der Waals surface area contributed by atoms with Gasteiger partial charge in [-0.05, 0) is 80.4 Å². The van der Waals surface area contributed by atoms with Crippen molar-refractivity contribution in [3.8, 4) is 5.69 Å². The van der Waals surface area contributed by atoms with E-state index in [4.69, 9.17) is 4.74 Å². The highest BCUT2D eigenvalue weighted by Gasteiger charge is 2.58. The number of hydrogen-bond donors (Lipinski definition) is 1. The fraction of sp³-hybridized carbons (Fsp3) is 0.467. The minimum atomic E-state index is -0.0101. The molecule has 1 saturated carbocycles. The van der Waals surface area contributed by atoms with E-state index in [1.54, 1.807) is 0 Å². The van der Waals surface area contributed by atoms with Gasteiger partial charge in [-0.15, -0.1) is 0 Å². The van der Waals surface area contributed by atoms with E-state index >= 15 is 0 Å². The van der Waals surface area contributed by atoms with Gasteiger partial charge in [-0.1, -0.05) is 30.3 Å². The molecule has 1 aromatic carbocycles. The van der Waals surface area contributed by atoms with Crippen LogP contribution in [0.25, 0.3) is 5.69 Å². The summed E-state index contributed by atoms with van der Waals surface area (Å²) in [6.07, 6.45) is 11.0. The molecule has 6 nitrogen and oxygen atoms in total. The van der Waals surface area contributed by atoms with E-state index < -0.39 is 0 Å². The van der Waals surface area contributed by atoms with Crippen molar-refractivity contribution in [2.45, 2.75) is 44.1 Å². The fourth-order valence-corrected chi connectivity index (χ4v) is 6.45. The van der Waals surface area contributed by atoms with Gasteiger partial charge in [0.25, 0.3) is 0 Å². The Bertz CT molecular complexity index is 1160. The first-order valence-electron chi connectivity index (χ1n) is 13.4. The van der Waals surface area contributed by atoms with E-state index in [-0.39, 0.29) is 22.7 Å². The number of carbonyl (C=O) groups is 1. The molecule has 188 valence electrons. The van der Waals surface area contributed by atoms with Crippen molar-refractivity contribution < 1.29 is 9.53 Å². The van der Waals surface area contributed by atoms with Gasteiger partial charge in [-0.25, -0.2) is 0 Å². The molecule has 1 unspecified atom stereocenters. The SMILES string of the molecule is O=C(NCC1(c2ccccc2)CCOCC1)C1CC12CCN(Cc1cccn1-c1cccnc1)CC2. The van der Waals surface area contributed by atoms with E-state index in [1.807, 2.05) is 18.5 Å². The minimum absolute atomic E-state index is 0.0101. The molecule has 6 heteroatoms. The van der Waals surface area contributed by atoms with Crippen LogP contribution in [0.15, 0.2) is 73.2 Å². The molecule has 2 aliphatic heterocycles. The molecule has 36 heavy (non-hydrogen) atoms. The molecule has 2 saturated heterocycles. The number of hydrogen-bond acceptors (Lipinski definition) is 4. The number of piperidine rings is 1. The lowest BCUT2D eigenvalue weighted by Gasteiger charge is -2.38. The van der Waals surface area contributed by atoms with Crippen molar-refractivity contribution in [2.24, 2.45) is 11.3 Å². The number of nitrogens with one attached hydrogen (secondary N) is 1. The predicted octanol–water partition coefficient (Wildman–Crippen LogP) is 4.34.